The predicted molar refractivity (Wildman–Crippen MR) is 50.1 cm³/mol. The van der Waals surface area contributed by atoms with Gasteiger partial charge in [0.05, 0.1) is 5.66 Å². The summed E-state index contributed by atoms with van der Waals surface area (Å²) in [7, 11) is 2.25. The average molecular weight is 169 g/mol. The molecule has 2 saturated heterocycles. The molecule has 1 spiro atoms. The molecule has 3 heteroatoms. The third-order valence-corrected chi connectivity index (χ3v) is 3.29. The van der Waals surface area contributed by atoms with Gasteiger partial charge < -0.3 is 5.32 Å². The summed E-state index contributed by atoms with van der Waals surface area (Å²) in [5.41, 5.74) is 0.337. The molecule has 2 fully saturated rings. The van der Waals surface area contributed by atoms with Crippen LogP contribution in [0.4, 0.5) is 0 Å². The van der Waals surface area contributed by atoms with Gasteiger partial charge in [0.15, 0.2) is 0 Å². The van der Waals surface area contributed by atoms with E-state index in [9.17, 15) is 0 Å². The fraction of sp³-hybridized carbons (Fsp3) is 1.00. The average Bonchev–Trinajstić information content (AvgIpc) is 2.12. The predicted octanol–water partition coefficient (Wildman–Crippen LogP) is -0.00880. The zero-order valence-corrected chi connectivity index (χ0v) is 7.90. The standard InChI is InChI=1S/C9H19N3/c1-12-8-2-5-11-9(12)3-6-10-7-4-9/h10-11H,2-8H2,1H3. The molecule has 0 unspecified atom stereocenters. The lowest BCUT2D eigenvalue weighted by atomic mass is 9.94. The molecule has 2 aliphatic rings. The maximum atomic E-state index is 3.67. The zero-order valence-electron chi connectivity index (χ0n) is 7.90. The zero-order chi connectivity index (χ0) is 8.44. The van der Waals surface area contributed by atoms with Gasteiger partial charge in [-0.3, -0.25) is 10.2 Å². The lowest BCUT2D eigenvalue weighted by Crippen LogP contribution is -2.65. The van der Waals surface area contributed by atoms with Crippen LogP contribution in [0.5, 0.6) is 0 Å². The summed E-state index contributed by atoms with van der Waals surface area (Å²) in [6.45, 7) is 4.78. The number of hydrogen-bond donors (Lipinski definition) is 2. The lowest BCUT2D eigenvalue weighted by Gasteiger charge is -2.48. The molecule has 2 N–H and O–H groups in total. The Kier molecular flexibility index (Phi) is 2.35. The molecule has 2 heterocycles. The van der Waals surface area contributed by atoms with Gasteiger partial charge in [-0.2, -0.15) is 0 Å². The molecule has 0 aromatic rings. The van der Waals surface area contributed by atoms with Gasteiger partial charge >= 0.3 is 0 Å². The van der Waals surface area contributed by atoms with E-state index in [1.807, 2.05) is 0 Å². The number of nitrogens with zero attached hydrogens (tertiary/aromatic N) is 1. The first kappa shape index (κ1) is 8.48. The molecule has 70 valence electrons. The Morgan fingerprint density at radius 1 is 1.17 bits per heavy atom. The maximum Gasteiger partial charge on any atom is 0.0734 e. The van der Waals surface area contributed by atoms with E-state index in [-0.39, 0.29) is 0 Å². The van der Waals surface area contributed by atoms with Gasteiger partial charge in [0.25, 0.3) is 0 Å². The fourth-order valence-corrected chi connectivity index (χ4v) is 2.39. The van der Waals surface area contributed by atoms with Crippen LogP contribution in [0.1, 0.15) is 19.3 Å². The number of piperidine rings is 1. The molecule has 2 aliphatic heterocycles. The van der Waals surface area contributed by atoms with Crippen LogP contribution in [-0.4, -0.2) is 43.8 Å². The summed E-state index contributed by atoms with van der Waals surface area (Å²) in [4.78, 5) is 2.50. The van der Waals surface area contributed by atoms with E-state index in [0.29, 0.717) is 5.66 Å². The normalized spacial score (nSPS) is 30.8. The van der Waals surface area contributed by atoms with Crippen LogP contribution in [0.3, 0.4) is 0 Å². The van der Waals surface area contributed by atoms with Gasteiger partial charge in [0.2, 0.25) is 0 Å². The van der Waals surface area contributed by atoms with Crippen LogP contribution < -0.4 is 10.6 Å². The highest BCUT2D eigenvalue weighted by Gasteiger charge is 2.36. The van der Waals surface area contributed by atoms with Crippen molar-refractivity contribution >= 4 is 0 Å². The lowest BCUT2D eigenvalue weighted by molar-refractivity contribution is 0.0230. The molecule has 0 radical (unpaired) electrons. The molecule has 0 aromatic heterocycles. The smallest absolute Gasteiger partial charge is 0.0734 e. The van der Waals surface area contributed by atoms with Crippen LogP contribution in [0.15, 0.2) is 0 Å². The van der Waals surface area contributed by atoms with Crippen molar-refractivity contribution in [3.63, 3.8) is 0 Å². The second kappa shape index (κ2) is 3.32. The summed E-state index contributed by atoms with van der Waals surface area (Å²) in [6, 6.07) is 0. The quantitative estimate of drug-likeness (QED) is 0.534. The van der Waals surface area contributed by atoms with E-state index in [0.717, 1.165) is 13.1 Å². The first-order chi connectivity index (χ1) is 5.83. The van der Waals surface area contributed by atoms with E-state index >= 15 is 0 Å². The summed E-state index contributed by atoms with van der Waals surface area (Å²) in [5, 5.41) is 7.08. The molecule has 12 heavy (non-hydrogen) atoms. The molecule has 0 amide bonds. The molecule has 0 saturated carbocycles. The molecule has 0 atom stereocenters. The Morgan fingerprint density at radius 2 is 1.92 bits per heavy atom. The Bertz CT molecular complexity index is 144. The van der Waals surface area contributed by atoms with Crippen LogP contribution in [0.25, 0.3) is 0 Å². The Morgan fingerprint density at radius 3 is 2.58 bits per heavy atom. The van der Waals surface area contributed by atoms with Crippen LogP contribution in [0.2, 0.25) is 0 Å². The highest BCUT2D eigenvalue weighted by molar-refractivity contribution is 4.93. The highest BCUT2D eigenvalue weighted by Crippen LogP contribution is 2.24. The second-order valence-corrected chi connectivity index (χ2v) is 3.98. The Labute approximate surface area is 74.5 Å². The number of hydrogen-bond acceptors (Lipinski definition) is 3. The van der Waals surface area contributed by atoms with Gasteiger partial charge in [-0.15, -0.1) is 0 Å². The van der Waals surface area contributed by atoms with E-state index in [4.69, 9.17) is 0 Å². The van der Waals surface area contributed by atoms with Gasteiger partial charge in [-0.1, -0.05) is 0 Å². The van der Waals surface area contributed by atoms with E-state index in [2.05, 4.69) is 22.6 Å². The molecular weight excluding hydrogens is 150 g/mol. The van der Waals surface area contributed by atoms with E-state index in [1.165, 1.54) is 32.4 Å². The summed E-state index contributed by atoms with van der Waals surface area (Å²) in [5.74, 6) is 0. The van der Waals surface area contributed by atoms with Crippen LogP contribution in [-0.2, 0) is 0 Å². The molecular formula is C9H19N3. The van der Waals surface area contributed by atoms with Crippen LogP contribution in [0, 0.1) is 0 Å². The van der Waals surface area contributed by atoms with Gasteiger partial charge in [0.1, 0.15) is 0 Å². The molecule has 0 aliphatic carbocycles. The monoisotopic (exact) mass is 169 g/mol. The van der Waals surface area contributed by atoms with Crippen molar-refractivity contribution in [2.24, 2.45) is 0 Å². The fourth-order valence-electron chi connectivity index (χ4n) is 2.39. The summed E-state index contributed by atoms with van der Waals surface area (Å²) >= 11 is 0. The minimum atomic E-state index is 0.337. The minimum absolute atomic E-state index is 0.337. The van der Waals surface area contributed by atoms with Crippen molar-refractivity contribution in [1.82, 2.24) is 15.5 Å². The Hall–Kier alpha value is -0.120. The number of nitrogens with one attached hydrogen (secondary N) is 2. The maximum absolute atomic E-state index is 3.67. The SMILES string of the molecule is CN1CCCNC12CCNCC2. The van der Waals surface area contributed by atoms with Crippen molar-refractivity contribution in [3.05, 3.63) is 0 Å². The summed E-state index contributed by atoms with van der Waals surface area (Å²) in [6.07, 6.45) is 3.80. The third-order valence-electron chi connectivity index (χ3n) is 3.29. The van der Waals surface area contributed by atoms with E-state index in [1.54, 1.807) is 0 Å². The van der Waals surface area contributed by atoms with Crippen LogP contribution >= 0.6 is 0 Å². The van der Waals surface area contributed by atoms with Gasteiger partial charge in [-0.25, -0.2) is 0 Å². The highest BCUT2D eigenvalue weighted by atomic mass is 15.3. The molecule has 3 nitrogen and oxygen atoms in total. The van der Waals surface area contributed by atoms with Crippen molar-refractivity contribution < 1.29 is 0 Å². The van der Waals surface area contributed by atoms with Crippen molar-refractivity contribution in [1.29, 1.82) is 0 Å². The third kappa shape index (κ3) is 1.37. The topological polar surface area (TPSA) is 27.3 Å². The van der Waals surface area contributed by atoms with Crippen molar-refractivity contribution in [2.45, 2.75) is 24.9 Å². The molecule has 2 rings (SSSR count). The van der Waals surface area contributed by atoms with Crippen molar-refractivity contribution in [3.8, 4) is 0 Å². The molecule has 0 bridgehead atoms. The van der Waals surface area contributed by atoms with Crippen molar-refractivity contribution in [2.75, 3.05) is 33.2 Å². The van der Waals surface area contributed by atoms with E-state index < -0.39 is 0 Å². The second-order valence-electron chi connectivity index (χ2n) is 3.98. The first-order valence-electron chi connectivity index (χ1n) is 5.00. The van der Waals surface area contributed by atoms with Gasteiger partial charge in [0, 0.05) is 6.54 Å². The Balaban J connectivity index is 2.04. The minimum Gasteiger partial charge on any atom is -0.316 e. The van der Waals surface area contributed by atoms with Gasteiger partial charge in [-0.05, 0) is 45.9 Å². The number of rotatable bonds is 0. The largest absolute Gasteiger partial charge is 0.316 e. The molecule has 0 aromatic carbocycles. The summed E-state index contributed by atoms with van der Waals surface area (Å²) < 4.78 is 0. The first-order valence-corrected chi connectivity index (χ1v) is 5.00.